The predicted molar refractivity (Wildman–Crippen MR) is 50.6 cm³/mol. The van der Waals surface area contributed by atoms with E-state index in [2.05, 4.69) is 5.32 Å². The fraction of sp³-hybridized carbons (Fsp3) is 0.300. The van der Waals surface area contributed by atoms with Crippen molar-refractivity contribution in [2.75, 3.05) is 13.2 Å². The largest absolute Gasteiger partial charge is 0.489 e. The lowest BCUT2D eigenvalue weighted by atomic mass is 10.1. The van der Waals surface area contributed by atoms with Crippen molar-refractivity contribution in [3.63, 3.8) is 0 Å². The Balaban J connectivity index is 2.48. The normalized spacial score (nSPS) is 15.0. The number of benzene rings is 1. The van der Waals surface area contributed by atoms with Gasteiger partial charge in [0.15, 0.2) is 11.6 Å². The molecule has 1 heterocycles. The zero-order chi connectivity index (χ0) is 10.8. The molecule has 2 rings (SSSR count). The number of halogens is 1. The molecular formula is C10H10FNO3. The van der Waals surface area contributed by atoms with Crippen molar-refractivity contribution >= 4 is 5.97 Å². The van der Waals surface area contributed by atoms with Crippen molar-refractivity contribution in [2.24, 2.45) is 0 Å². The van der Waals surface area contributed by atoms with Crippen LogP contribution in [0.3, 0.4) is 0 Å². The van der Waals surface area contributed by atoms with Crippen LogP contribution in [-0.4, -0.2) is 24.2 Å². The topological polar surface area (TPSA) is 58.6 Å². The molecule has 1 aliphatic heterocycles. The molecule has 0 amide bonds. The van der Waals surface area contributed by atoms with E-state index in [1.165, 1.54) is 6.07 Å². The van der Waals surface area contributed by atoms with Crippen LogP contribution in [0.4, 0.5) is 4.39 Å². The highest BCUT2D eigenvalue weighted by Crippen LogP contribution is 2.25. The summed E-state index contributed by atoms with van der Waals surface area (Å²) in [6.45, 7) is 1.43. The third kappa shape index (κ3) is 1.92. The Morgan fingerprint density at radius 3 is 3.07 bits per heavy atom. The summed E-state index contributed by atoms with van der Waals surface area (Å²) in [6, 6.07) is 2.41. The van der Waals surface area contributed by atoms with Crippen LogP contribution in [0.25, 0.3) is 0 Å². The second-order valence-corrected chi connectivity index (χ2v) is 3.28. The van der Waals surface area contributed by atoms with Crippen LogP contribution < -0.4 is 10.1 Å². The minimum Gasteiger partial charge on any atom is -0.489 e. The minimum atomic E-state index is -1.14. The quantitative estimate of drug-likeness (QED) is 0.727. The van der Waals surface area contributed by atoms with Gasteiger partial charge >= 0.3 is 5.97 Å². The van der Waals surface area contributed by atoms with Crippen LogP contribution >= 0.6 is 0 Å². The number of fused-ring (bicyclic) bond motifs is 1. The first kappa shape index (κ1) is 9.92. The van der Waals surface area contributed by atoms with Crippen LogP contribution in [0.1, 0.15) is 15.9 Å². The van der Waals surface area contributed by atoms with Gasteiger partial charge in [0.05, 0.1) is 5.56 Å². The number of aromatic carboxylic acids is 1. The summed E-state index contributed by atoms with van der Waals surface area (Å²) < 4.78 is 18.6. The monoisotopic (exact) mass is 211 g/mol. The third-order valence-electron chi connectivity index (χ3n) is 2.21. The molecule has 1 aromatic rings. The molecule has 0 unspecified atom stereocenters. The Morgan fingerprint density at radius 2 is 2.33 bits per heavy atom. The number of hydrogen-bond acceptors (Lipinski definition) is 3. The Bertz CT molecular complexity index is 406. The third-order valence-corrected chi connectivity index (χ3v) is 2.21. The molecule has 2 N–H and O–H groups in total. The molecule has 1 aliphatic rings. The molecule has 0 radical (unpaired) electrons. The van der Waals surface area contributed by atoms with Gasteiger partial charge in [0, 0.05) is 18.7 Å². The highest BCUT2D eigenvalue weighted by Gasteiger charge is 2.17. The number of ether oxygens (including phenoxy) is 1. The van der Waals surface area contributed by atoms with Gasteiger partial charge < -0.3 is 15.2 Å². The smallest absolute Gasteiger partial charge is 0.335 e. The van der Waals surface area contributed by atoms with Crippen LogP contribution in [-0.2, 0) is 6.54 Å². The molecule has 0 aliphatic carbocycles. The zero-order valence-electron chi connectivity index (χ0n) is 7.92. The average molecular weight is 211 g/mol. The molecule has 0 saturated heterocycles. The fourth-order valence-corrected chi connectivity index (χ4v) is 1.52. The number of carboxylic acid groups (broad SMARTS) is 1. The van der Waals surface area contributed by atoms with Crippen LogP contribution in [0.15, 0.2) is 12.1 Å². The van der Waals surface area contributed by atoms with E-state index in [0.717, 1.165) is 6.07 Å². The first-order valence-electron chi connectivity index (χ1n) is 4.57. The summed E-state index contributed by atoms with van der Waals surface area (Å²) in [7, 11) is 0. The Labute approximate surface area is 85.7 Å². The van der Waals surface area contributed by atoms with Gasteiger partial charge in [0.25, 0.3) is 0 Å². The number of carbonyl (C=O) groups is 1. The van der Waals surface area contributed by atoms with Gasteiger partial charge in [0.1, 0.15) is 6.61 Å². The molecule has 15 heavy (non-hydrogen) atoms. The second-order valence-electron chi connectivity index (χ2n) is 3.28. The van der Waals surface area contributed by atoms with Crippen molar-refractivity contribution in [1.29, 1.82) is 0 Å². The van der Waals surface area contributed by atoms with Gasteiger partial charge in [-0.25, -0.2) is 9.18 Å². The Morgan fingerprint density at radius 1 is 1.53 bits per heavy atom. The Kier molecular flexibility index (Phi) is 2.55. The average Bonchev–Trinajstić information content (AvgIpc) is 2.42. The van der Waals surface area contributed by atoms with Gasteiger partial charge in [-0.3, -0.25) is 0 Å². The summed E-state index contributed by atoms with van der Waals surface area (Å²) in [5.74, 6) is -1.60. The summed E-state index contributed by atoms with van der Waals surface area (Å²) in [5, 5.41) is 11.8. The standard InChI is InChI=1S/C10H10FNO3/c11-8-4-6(10(13)14)3-7-5-12-1-2-15-9(7)8/h3-4,12H,1-2,5H2,(H,13,14). The van der Waals surface area contributed by atoms with Gasteiger partial charge in [-0.2, -0.15) is 0 Å². The number of rotatable bonds is 1. The molecule has 0 bridgehead atoms. The number of nitrogens with one attached hydrogen (secondary N) is 1. The van der Waals surface area contributed by atoms with E-state index < -0.39 is 11.8 Å². The lowest BCUT2D eigenvalue weighted by Gasteiger charge is -2.08. The van der Waals surface area contributed by atoms with Crippen LogP contribution in [0.2, 0.25) is 0 Å². The van der Waals surface area contributed by atoms with E-state index in [4.69, 9.17) is 9.84 Å². The highest BCUT2D eigenvalue weighted by molar-refractivity contribution is 5.88. The molecule has 4 nitrogen and oxygen atoms in total. The van der Waals surface area contributed by atoms with E-state index in [1.54, 1.807) is 0 Å². The van der Waals surface area contributed by atoms with Gasteiger partial charge in [-0.05, 0) is 12.1 Å². The van der Waals surface area contributed by atoms with Crippen molar-refractivity contribution in [3.05, 3.63) is 29.1 Å². The Hall–Kier alpha value is -1.62. The van der Waals surface area contributed by atoms with E-state index in [1.807, 2.05) is 0 Å². The molecule has 1 aromatic carbocycles. The molecule has 5 heteroatoms. The molecule has 0 spiro atoms. The van der Waals surface area contributed by atoms with Gasteiger partial charge in [-0.15, -0.1) is 0 Å². The lowest BCUT2D eigenvalue weighted by molar-refractivity contribution is 0.0696. The predicted octanol–water partition coefficient (Wildman–Crippen LogP) is 1.01. The van der Waals surface area contributed by atoms with Crippen molar-refractivity contribution < 1.29 is 19.0 Å². The molecule has 0 atom stereocenters. The lowest BCUT2D eigenvalue weighted by Crippen LogP contribution is -2.16. The maximum Gasteiger partial charge on any atom is 0.335 e. The summed E-state index contributed by atoms with van der Waals surface area (Å²) >= 11 is 0. The first-order valence-corrected chi connectivity index (χ1v) is 4.57. The molecule has 0 saturated carbocycles. The summed E-state index contributed by atoms with van der Waals surface area (Å²) in [6.07, 6.45) is 0. The number of hydrogen-bond donors (Lipinski definition) is 2. The first-order chi connectivity index (χ1) is 7.18. The van der Waals surface area contributed by atoms with Crippen LogP contribution in [0.5, 0.6) is 5.75 Å². The SMILES string of the molecule is O=C(O)c1cc(F)c2c(c1)CNCCO2. The molecule has 0 aromatic heterocycles. The molecule has 80 valence electrons. The van der Waals surface area contributed by atoms with Crippen molar-refractivity contribution in [3.8, 4) is 5.75 Å². The fourth-order valence-electron chi connectivity index (χ4n) is 1.52. The molecule has 0 fully saturated rings. The van der Waals surface area contributed by atoms with E-state index in [-0.39, 0.29) is 11.3 Å². The molecular weight excluding hydrogens is 201 g/mol. The van der Waals surface area contributed by atoms with Gasteiger partial charge in [-0.1, -0.05) is 0 Å². The highest BCUT2D eigenvalue weighted by atomic mass is 19.1. The number of carboxylic acids is 1. The maximum atomic E-state index is 13.5. The minimum absolute atomic E-state index is 0.0569. The summed E-state index contributed by atoms with van der Waals surface area (Å²) in [4.78, 5) is 10.7. The zero-order valence-corrected chi connectivity index (χ0v) is 7.92. The van der Waals surface area contributed by atoms with Crippen molar-refractivity contribution in [2.45, 2.75) is 6.54 Å². The maximum absolute atomic E-state index is 13.5. The van der Waals surface area contributed by atoms with Gasteiger partial charge in [0.2, 0.25) is 0 Å². The van der Waals surface area contributed by atoms with E-state index >= 15 is 0 Å². The van der Waals surface area contributed by atoms with Crippen molar-refractivity contribution in [1.82, 2.24) is 5.32 Å². The second kappa shape index (κ2) is 3.86. The van der Waals surface area contributed by atoms with Crippen LogP contribution in [0, 0.1) is 5.82 Å². The van der Waals surface area contributed by atoms with E-state index in [0.29, 0.717) is 25.3 Å². The van der Waals surface area contributed by atoms with E-state index in [9.17, 15) is 9.18 Å². The summed E-state index contributed by atoms with van der Waals surface area (Å²) in [5.41, 5.74) is 0.489.